The van der Waals surface area contributed by atoms with Crippen LogP contribution >= 0.6 is 11.6 Å². The summed E-state index contributed by atoms with van der Waals surface area (Å²) in [5, 5.41) is 0. The Kier molecular flexibility index (Phi) is 1.86. The Balaban J connectivity index is 2.89. The number of nitrogens with two attached hydrogens (primary N) is 2. The van der Waals surface area contributed by atoms with Gasteiger partial charge in [-0.3, -0.25) is 0 Å². The van der Waals surface area contributed by atoms with Gasteiger partial charge in [0.2, 0.25) is 0 Å². The summed E-state index contributed by atoms with van der Waals surface area (Å²) in [6.07, 6.45) is 5.44. The third-order valence-electron chi connectivity index (χ3n) is 1.68. The van der Waals surface area contributed by atoms with E-state index >= 15 is 0 Å². The van der Waals surface area contributed by atoms with E-state index in [0.29, 0.717) is 0 Å². The molecule has 2 unspecified atom stereocenters. The van der Waals surface area contributed by atoms with Gasteiger partial charge in [0.25, 0.3) is 0 Å². The molecule has 4 N–H and O–H groups in total. The fraction of sp³-hybridized carbons (Fsp3) is 0.429. The van der Waals surface area contributed by atoms with Crippen LogP contribution in [0.2, 0.25) is 0 Å². The summed E-state index contributed by atoms with van der Waals surface area (Å²) >= 11 is 5.84. The summed E-state index contributed by atoms with van der Waals surface area (Å²) in [4.78, 5) is -0.890. The fourth-order valence-corrected chi connectivity index (χ4v) is 1.15. The van der Waals surface area contributed by atoms with Crippen molar-refractivity contribution in [3.05, 3.63) is 23.8 Å². The maximum Gasteiger partial charge on any atom is 0.129 e. The number of halogens is 1. The van der Waals surface area contributed by atoms with Crippen LogP contribution in [-0.2, 0) is 0 Å². The smallest absolute Gasteiger partial charge is 0.129 e. The molecule has 1 aliphatic rings. The van der Waals surface area contributed by atoms with Gasteiger partial charge < -0.3 is 11.5 Å². The first-order valence-corrected chi connectivity index (χ1v) is 3.51. The van der Waals surface area contributed by atoms with E-state index in [9.17, 15) is 0 Å². The molecule has 0 heterocycles. The van der Waals surface area contributed by atoms with Gasteiger partial charge in [-0.15, -0.1) is 0 Å². The zero-order chi connectivity index (χ0) is 7.78. The molecule has 0 bridgehead atoms. The van der Waals surface area contributed by atoms with E-state index in [-0.39, 0.29) is 6.04 Å². The molecule has 10 heavy (non-hydrogen) atoms. The van der Waals surface area contributed by atoms with Crippen molar-refractivity contribution in [1.82, 2.24) is 0 Å². The average Bonchev–Trinajstić information content (AvgIpc) is 1.83. The lowest BCUT2D eigenvalue weighted by Gasteiger charge is -2.28. The van der Waals surface area contributed by atoms with Gasteiger partial charge in [-0.25, -0.2) is 0 Å². The molecular formula is C7H11ClN2. The molecule has 0 fully saturated rings. The lowest BCUT2D eigenvalue weighted by atomic mass is 9.97. The first kappa shape index (κ1) is 7.79. The predicted molar refractivity (Wildman–Crippen MR) is 43.6 cm³/mol. The summed E-state index contributed by atoms with van der Waals surface area (Å²) in [5.41, 5.74) is 12.3. The predicted octanol–water partition coefficient (Wildman–Crippen LogP) is 0.724. The first-order chi connectivity index (χ1) is 4.54. The summed E-state index contributed by atoms with van der Waals surface area (Å²) in [7, 11) is 0. The molecule has 3 heteroatoms. The van der Waals surface area contributed by atoms with Crippen molar-refractivity contribution >= 4 is 11.6 Å². The van der Waals surface area contributed by atoms with Crippen LogP contribution < -0.4 is 11.5 Å². The molecule has 0 saturated carbocycles. The van der Waals surface area contributed by atoms with Crippen LogP contribution in [-0.4, -0.2) is 11.0 Å². The van der Waals surface area contributed by atoms with Gasteiger partial charge >= 0.3 is 0 Å². The van der Waals surface area contributed by atoms with Crippen molar-refractivity contribution in [3.63, 3.8) is 0 Å². The van der Waals surface area contributed by atoms with E-state index in [2.05, 4.69) is 0 Å². The second kappa shape index (κ2) is 2.38. The number of rotatable bonds is 0. The van der Waals surface area contributed by atoms with Crippen molar-refractivity contribution in [2.45, 2.75) is 18.0 Å². The van der Waals surface area contributed by atoms with Crippen molar-refractivity contribution in [2.24, 2.45) is 11.5 Å². The van der Waals surface area contributed by atoms with Crippen molar-refractivity contribution < 1.29 is 0 Å². The maximum atomic E-state index is 5.84. The van der Waals surface area contributed by atoms with Gasteiger partial charge in [-0.05, 0) is 13.0 Å². The van der Waals surface area contributed by atoms with E-state index in [1.807, 2.05) is 19.1 Å². The lowest BCUT2D eigenvalue weighted by Crippen LogP contribution is -2.50. The van der Waals surface area contributed by atoms with Crippen molar-refractivity contribution in [3.8, 4) is 0 Å². The van der Waals surface area contributed by atoms with Crippen LogP contribution in [0.4, 0.5) is 0 Å². The molecular weight excluding hydrogens is 148 g/mol. The summed E-state index contributed by atoms with van der Waals surface area (Å²) in [5.74, 6) is 0. The zero-order valence-corrected chi connectivity index (χ0v) is 6.60. The molecule has 2 atom stereocenters. The fourth-order valence-electron chi connectivity index (χ4n) is 0.904. The number of alkyl halides is 1. The van der Waals surface area contributed by atoms with E-state index in [4.69, 9.17) is 23.1 Å². The van der Waals surface area contributed by atoms with Gasteiger partial charge in [0.15, 0.2) is 0 Å². The standard InChI is InChI=1S/C7H11ClN2/c1-5-3-2-4-7(8,10)6(5)9/h2-4,6H,9-10H2,1H3. The Morgan fingerprint density at radius 2 is 2.30 bits per heavy atom. The monoisotopic (exact) mass is 158 g/mol. The van der Waals surface area contributed by atoms with Gasteiger partial charge in [0.1, 0.15) is 5.00 Å². The molecule has 1 aliphatic carbocycles. The molecule has 0 spiro atoms. The highest BCUT2D eigenvalue weighted by Crippen LogP contribution is 2.22. The normalized spacial score (nSPS) is 39.6. The minimum atomic E-state index is -0.890. The van der Waals surface area contributed by atoms with Gasteiger partial charge in [-0.2, -0.15) is 0 Å². The van der Waals surface area contributed by atoms with Crippen LogP contribution in [0, 0.1) is 0 Å². The zero-order valence-electron chi connectivity index (χ0n) is 5.84. The molecule has 0 aliphatic heterocycles. The lowest BCUT2D eigenvalue weighted by molar-refractivity contribution is 0.607. The Morgan fingerprint density at radius 1 is 1.70 bits per heavy atom. The Morgan fingerprint density at radius 3 is 2.70 bits per heavy atom. The number of allylic oxidation sites excluding steroid dienone is 2. The summed E-state index contributed by atoms with van der Waals surface area (Å²) in [6.45, 7) is 1.91. The Hall–Kier alpha value is -0.310. The highest BCUT2D eigenvalue weighted by Gasteiger charge is 2.29. The molecule has 1 rings (SSSR count). The molecule has 0 saturated heterocycles. The van der Waals surface area contributed by atoms with Gasteiger partial charge in [0, 0.05) is 0 Å². The van der Waals surface area contributed by atoms with Crippen LogP contribution in [0.1, 0.15) is 6.92 Å². The third kappa shape index (κ3) is 1.24. The van der Waals surface area contributed by atoms with Crippen LogP contribution in [0.3, 0.4) is 0 Å². The van der Waals surface area contributed by atoms with E-state index in [1.54, 1.807) is 6.08 Å². The van der Waals surface area contributed by atoms with Crippen molar-refractivity contribution in [2.75, 3.05) is 0 Å². The largest absolute Gasteiger partial charge is 0.321 e. The number of hydrogen-bond acceptors (Lipinski definition) is 2. The molecule has 0 aromatic rings. The highest BCUT2D eigenvalue weighted by molar-refractivity contribution is 6.25. The van der Waals surface area contributed by atoms with Crippen LogP contribution in [0.15, 0.2) is 23.8 Å². The average molecular weight is 159 g/mol. The van der Waals surface area contributed by atoms with E-state index < -0.39 is 5.00 Å². The van der Waals surface area contributed by atoms with Crippen LogP contribution in [0.5, 0.6) is 0 Å². The van der Waals surface area contributed by atoms with Gasteiger partial charge in [-0.1, -0.05) is 29.3 Å². The molecule has 0 aromatic carbocycles. The molecule has 56 valence electrons. The topological polar surface area (TPSA) is 52.0 Å². The second-order valence-corrected chi connectivity index (χ2v) is 3.23. The minimum Gasteiger partial charge on any atom is -0.321 e. The molecule has 0 aromatic heterocycles. The minimum absolute atomic E-state index is 0.265. The highest BCUT2D eigenvalue weighted by atomic mass is 35.5. The second-order valence-electron chi connectivity index (χ2n) is 2.57. The first-order valence-electron chi connectivity index (χ1n) is 3.13. The molecule has 2 nitrogen and oxygen atoms in total. The Labute approximate surface area is 65.5 Å². The SMILES string of the molecule is CC1=CC=CC(N)(Cl)C1N. The van der Waals surface area contributed by atoms with Crippen LogP contribution in [0.25, 0.3) is 0 Å². The number of hydrogen-bond donors (Lipinski definition) is 2. The third-order valence-corrected chi connectivity index (χ3v) is 2.04. The summed E-state index contributed by atoms with van der Waals surface area (Å²) < 4.78 is 0. The van der Waals surface area contributed by atoms with Crippen molar-refractivity contribution in [1.29, 1.82) is 0 Å². The maximum absolute atomic E-state index is 5.84. The molecule has 0 amide bonds. The molecule has 0 radical (unpaired) electrons. The van der Waals surface area contributed by atoms with E-state index in [0.717, 1.165) is 5.57 Å². The van der Waals surface area contributed by atoms with Gasteiger partial charge in [0.05, 0.1) is 6.04 Å². The summed E-state index contributed by atoms with van der Waals surface area (Å²) in [6, 6.07) is -0.265. The Bertz CT molecular complexity index is 194. The van der Waals surface area contributed by atoms with E-state index in [1.165, 1.54) is 0 Å². The quantitative estimate of drug-likeness (QED) is 0.403.